The molecule has 0 spiro atoms. The molecule has 2 aliphatic heterocycles. The van der Waals surface area contributed by atoms with E-state index in [0.717, 1.165) is 10.6 Å². The van der Waals surface area contributed by atoms with Crippen LogP contribution >= 0.6 is 0 Å². The average molecular weight is 366 g/mol. The summed E-state index contributed by atoms with van der Waals surface area (Å²) >= 11 is 0. The molecule has 7 heteroatoms. The van der Waals surface area contributed by atoms with Gasteiger partial charge in [-0.2, -0.15) is 0 Å². The Labute approximate surface area is 156 Å². The van der Waals surface area contributed by atoms with E-state index in [1.54, 1.807) is 24.3 Å². The van der Waals surface area contributed by atoms with Crippen molar-refractivity contribution in [2.45, 2.75) is 19.1 Å². The van der Waals surface area contributed by atoms with Crippen LogP contribution < -0.4 is 0 Å². The lowest BCUT2D eigenvalue weighted by molar-refractivity contribution is -0.127. The van der Waals surface area contributed by atoms with Gasteiger partial charge >= 0.3 is 6.09 Å². The zero-order valence-electron chi connectivity index (χ0n) is 14.5. The van der Waals surface area contributed by atoms with Gasteiger partial charge in [-0.15, -0.1) is 5.06 Å². The molecule has 1 unspecified atom stereocenters. The predicted molar refractivity (Wildman–Crippen MR) is 94.6 cm³/mol. The van der Waals surface area contributed by atoms with Crippen LogP contribution in [0.25, 0.3) is 0 Å². The Hall–Kier alpha value is -3.19. The molecule has 0 N–H and O–H groups in total. The van der Waals surface area contributed by atoms with Crippen molar-refractivity contribution >= 4 is 17.9 Å². The molecule has 138 valence electrons. The smallest absolute Gasteiger partial charge is 0.410 e. The van der Waals surface area contributed by atoms with Crippen molar-refractivity contribution in [3.63, 3.8) is 0 Å². The van der Waals surface area contributed by atoms with Crippen molar-refractivity contribution in [1.82, 2.24) is 9.96 Å². The number of hydrogen-bond acceptors (Lipinski definition) is 5. The summed E-state index contributed by atoms with van der Waals surface area (Å²) in [5.41, 5.74) is 1.57. The lowest BCUT2D eigenvalue weighted by Gasteiger charge is -2.19. The van der Waals surface area contributed by atoms with E-state index in [1.165, 1.54) is 4.90 Å². The molecule has 7 nitrogen and oxygen atoms in total. The lowest BCUT2D eigenvalue weighted by Crippen LogP contribution is -2.37. The Kier molecular flexibility index (Phi) is 4.60. The Bertz CT molecular complexity index is 848. The van der Waals surface area contributed by atoms with E-state index in [-0.39, 0.29) is 13.2 Å². The first-order valence-corrected chi connectivity index (χ1v) is 8.73. The third kappa shape index (κ3) is 3.41. The topological polar surface area (TPSA) is 76.2 Å². The SMILES string of the molecule is O=C(OCc1ccccc1)N1CCC(ON2C(=O)c3ccccc3C2=O)C1. The van der Waals surface area contributed by atoms with E-state index in [1.807, 2.05) is 30.3 Å². The van der Waals surface area contributed by atoms with Crippen LogP contribution in [0.5, 0.6) is 0 Å². The van der Waals surface area contributed by atoms with Crippen LogP contribution in [-0.4, -0.2) is 47.1 Å². The van der Waals surface area contributed by atoms with Crippen molar-refractivity contribution in [3.8, 4) is 0 Å². The monoisotopic (exact) mass is 366 g/mol. The molecular formula is C20H18N2O5. The summed E-state index contributed by atoms with van der Waals surface area (Å²) in [5, 5.41) is 0.800. The van der Waals surface area contributed by atoms with Gasteiger partial charge in [-0.3, -0.25) is 14.4 Å². The molecule has 3 amide bonds. The molecule has 2 aromatic carbocycles. The Balaban J connectivity index is 1.32. The third-order valence-corrected chi connectivity index (χ3v) is 4.62. The highest BCUT2D eigenvalue weighted by Gasteiger charge is 2.40. The summed E-state index contributed by atoms with van der Waals surface area (Å²) in [4.78, 5) is 44.0. The van der Waals surface area contributed by atoms with Crippen LogP contribution in [0, 0.1) is 0 Å². The maximum absolute atomic E-state index is 12.3. The number of imide groups is 1. The van der Waals surface area contributed by atoms with Gasteiger partial charge in [-0.05, 0) is 24.1 Å². The first-order valence-electron chi connectivity index (χ1n) is 8.73. The predicted octanol–water partition coefficient (Wildman–Crippen LogP) is 2.63. The highest BCUT2D eigenvalue weighted by molar-refractivity contribution is 6.20. The molecule has 1 fully saturated rings. The van der Waals surface area contributed by atoms with E-state index >= 15 is 0 Å². The van der Waals surface area contributed by atoms with Crippen LogP contribution in [0.4, 0.5) is 4.79 Å². The highest BCUT2D eigenvalue weighted by Crippen LogP contribution is 2.25. The van der Waals surface area contributed by atoms with Gasteiger partial charge in [0.25, 0.3) is 11.8 Å². The molecule has 27 heavy (non-hydrogen) atoms. The number of benzene rings is 2. The second kappa shape index (κ2) is 7.20. The van der Waals surface area contributed by atoms with Gasteiger partial charge in [0, 0.05) is 6.54 Å². The summed E-state index contributed by atoms with van der Waals surface area (Å²) in [7, 11) is 0. The number of likely N-dealkylation sites (tertiary alicyclic amines) is 1. The van der Waals surface area contributed by atoms with Crippen molar-refractivity contribution < 1.29 is 24.0 Å². The molecule has 1 atom stereocenters. The highest BCUT2D eigenvalue weighted by atomic mass is 16.7. The maximum atomic E-state index is 12.3. The number of ether oxygens (including phenoxy) is 1. The van der Waals surface area contributed by atoms with Gasteiger partial charge in [0.15, 0.2) is 0 Å². The molecule has 0 radical (unpaired) electrons. The summed E-state index contributed by atoms with van der Waals surface area (Å²) in [5.74, 6) is -0.943. The van der Waals surface area contributed by atoms with Crippen molar-refractivity contribution in [2.75, 3.05) is 13.1 Å². The van der Waals surface area contributed by atoms with Gasteiger partial charge in [-0.25, -0.2) is 4.79 Å². The molecule has 4 rings (SSSR count). The molecular weight excluding hydrogens is 348 g/mol. The summed E-state index contributed by atoms with van der Waals surface area (Å²) in [6.45, 7) is 0.905. The quantitative estimate of drug-likeness (QED) is 0.778. The summed E-state index contributed by atoms with van der Waals surface area (Å²) < 4.78 is 5.31. The molecule has 0 aromatic heterocycles. The van der Waals surface area contributed by atoms with Crippen LogP contribution in [-0.2, 0) is 16.2 Å². The van der Waals surface area contributed by atoms with Crippen LogP contribution in [0.3, 0.4) is 0 Å². The number of fused-ring (bicyclic) bond motifs is 1. The molecule has 1 saturated heterocycles. The zero-order valence-corrected chi connectivity index (χ0v) is 14.5. The van der Waals surface area contributed by atoms with Crippen molar-refractivity contribution in [1.29, 1.82) is 0 Å². The molecule has 2 heterocycles. The van der Waals surface area contributed by atoms with Crippen LogP contribution in [0.1, 0.15) is 32.7 Å². The van der Waals surface area contributed by atoms with Crippen molar-refractivity contribution in [3.05, 3.63) is 71.3 Å². The molecule has 0 aliphatic carbocycles. The number of hydrogen-bond donors (Lipinski definition) is 0. The van der Waals surface area contributed by atoms with Gasteiger partial charge in [0.05, 0.1) is 17.7 Å². The minimum Gasteiger partial charge on any atom is -0.445 e. The Morgan fingerprint density at radius 3 is 2.26 bits per heavy atom. The van der Waals surface area contributed by atoms with Crippen molar-refractivity contribution in [2.24, 2.45) is 0 Å². The number of nitrogens with zero attached hydrogens (tertiary/aromatic N) is 2. The standard InChI is InChI=1S/C20H18N2O5/c23-18-16-8-4-5-9-17(16)19(24)22(18)27-15-10-11-21(12-15)20(25)26-13-14-6-2-1-3-7-14/h1-9,15H,10-13H2. The third-order valence-electron chi connectivity index (χ3n) is 4.62. The Morgan fingerprint density at radius 2 is 1.59 bits per heavy atom. The van der Waals surface area contributed by atoms with Gasteiger partial charge in [0.2, 0.25) is 0 Å². The lowest BCUT2D eigenvalue weighted by atomic mass is 10.1. The van der Waals surface area contributed by atoms with E-state index in [9.17, 15) is 14.4 Å². The number of carbonyl (C=O) groups is 3. The van der Waals surface area contributed by atoms with E-state index in [2.05, 4.69) is 0 Å². The first kappa shape index (κ1) is 17.2. The van der Waals surface area contributed by atoms with E-state index in [0.29, 0.717) is 24.1 Å². The zero-order chi connectivity index (χ0) is 18.8. The first-order chi connectivity index (χ1) is 13.1. The second-order valence-corrected chi connectivity index (χ2v) is 6.45. The number of carbonyl (C=O) groups excluding carboxylic acids is 3. The van der Waals surface area contributed by atoms with Gasteiger partial charge in [-0.1, -0.05) is 42.5 Å². The summed E-state index contributed by atoms with van der Waals surface area (Å²) in [6.07, 6.45) is -0.350. The maximum Gasteiger partial charge on any atom is 0.410 e. The fourth-order valence-corrected chi connectivity index (χ4v) is 3.20. The average Bonchev–Trinajstić information content (AvgIpc) is 3.27. The fourth-order valence-electron chi connectivity index (χ4n) is 3.20. The normalized spacial score (nSPS) is 18.7. The number of rotatable bonds is 4. The van der Waals surface area contributed by atoms with Crippen LogP contribution in [0.2, 0.25) is 0 Å². The minimum absolute atomic E-state index is 0.195. The fraction of sp³-hybridized carbons (Fsp3) is 0.250. The Morgan fingerprint density at radius 1 is 0.963 bits per heavy atom. The van der Waals surface area contributed by atoms with Crippen LogP contribution in [0.15, 0.2) is 54.6 Å². The molecule has 2 aromatic rings. The number of hydroxylamine groups is 2. The molecule has 0 bridgehead atoms. The second-order valence-electron chi connectivity index (χ2n) is 6.45. The van der Waals surface area contributed by atoms with E-state index in [4.69, 9.17) is 9.57 Å². The van der Waals surface area contributed by atoms with E-state index < -0.39 is 24.0 Å². The minimum atomic E-state index is -0.472. The molecule has 2 aliphatic rings. The van der Waals surface area contributed by atoms with Gasteiger partial charge < -0.3 is 9.64 Å². The number of amides is 3. The van der Waals surface area contributed by atoms with Gasteiger partial charge in [0.1, 0.15) is 12.7 Å². The summed E-state index contributed by atoms with van der Waals surface area (Å²) in [6, 6.07) is 16.0. The molecule has 0 saturated carbocycles. The largest absolute Gasteiger partial charge is 0.445 e.